The number of carboxylic acids is 1. The standard InChI is InChI=1S/C7H6BrNO2.Na/c8-6-4-9-2-1-5(6)3-7(10)11;/h1-2,4H,3H2,(H,10,11);/q;+1/p-1. The van der Waals surface area contributed by atoms with Gasteiger partial charge in [0.05, 0.1) is 0 Å². The SMILES string of the molecule is O=C([O-])Cc1ccncc1Br.[Na+]. The minimum atomic E-state index is -1.09. The van der Waals surface area contributed by atoms with Crippen LogP contribution in [0.1, 0.15) is 5.56 Å². The third-order valence-corrected chi connectivity index (χ3v) is 1.91. The molecule has 0 unspecified atom stereocenters. The Balaban J connectivity index is 0.00000121. The van der Waals surface area contributed by atoms with E-state index in [1.54, 1.807) is 18.5 Å². The van der Waals surface area contributed by atoms with Crippen molar-refractivity contribution in [2.24, 2.45) is 0 Å². The second-order valence-corrected chi connectivity index (χ2v) is 2.87. The van der Waals surface area contributed by atoms with E-state index in [1.165, 1.54) is 0 Å². The monoisotopic (exact) mass is 237 g/mol. The molecule has 0 saturated carbocycles. The molecule has 1 heterocycles. The van der Waals surface area contributed by atoms with Crippen LogP contribution < -0.4 is 34.7 Å². The number of carbonyl (C=O) groups is 1. The van der Waals surface area contributed by atoms with Crippen LogP contribution in [0.2, 0.25) is 0 Å². The van der Waals surface area contributed by atoms with Crippen LogP contribution in [0.25, 0.3) is 0 Å². The zero-order chi connectivity index (χ0) is 8.27. The number of nitrogens with zero attached hydrogens (tertiary/aromatic N) is 1. The van der Waals surface area contributed by atoms with E-state index in [1.807, 2.05) is 0 Å². The summed E-state index contributed by atoms with van der Waals surface area (Å²) >= 11 is 3.17. The number of hydrogen-bond acceptors (Lipinski definition) is 3. The molecule has 1 aromatic heterocycles. The summed E-state index contributed by atoms with van der Waals surface area (Å²) in [7, 11) is 0. The van der Waals surface area contributed by atoms with E-state index in [2.05, 4.69) is 20.9 Å². The normalized spacial score (nSPS) is 8.75. The Bertz CT molecular complexity index is 280. The summed E-state index contributed by atoms with van der Waals surface area (Å²) in [6.07, 6.45) is 3.02. The summed E-state index contributed by atoms with van der Waals surface area (Å²) in [5.41, 5.74) is 0.681. The van der Waals surface area contributed by atoms with E-state index in [0.29, 0.717) is 10.0 Å². The zero-order valence-corrected chi connectivity index (χ0v) is 10.2. The molecule has 0 amide bonds. The van der Waals surface area contributed by atoms with Gasteiger partial charge in [0.1, 0.15) is 0 Å². The van der Waals surface area contributed by atoms with Crippen LogP contribution in [0, 0.1) is 0 Å². The molecule has 0 atom stereocenters. The Kier molecular flexibility index (Phi) is 5.74. The molecule has 1 aromatic rings. The maximum absolute atomic E-state index is 10.2. The van der Waals surface area contributed by atoms with Gasteiger partial charge in [-0.2, -0.15) is 0 Å². The van der Waals surface area contributed by atoms with Crippen LogP contribution in [0.5, 0.6) is 0 Å². The molecule has 5 heteroatoms. The van der Waals surface area contributed by atoms with Gasteiger partial charge >= 0.3 is 29.6 Å². The summed E-state index contributed by atoms with van der Waals surface area (Å²) in [4.78, 5) is 14.0. The Morgan fingerprint density at radius 1 is 1.67 bits per heavy atom. The molecular formula is C7H5BrNNaO2. The smallest absolute Gasteiger partial charge is 0.550 e. The molecule has 0 aliphatic carbocycles. The number of carboxylic acid groups (broad SMARTS) is 1. The van der Waals surface area contributed by atoms with Crippen molar-refractivity contribution in [3.05, 3.63) is 28.5 Å². The van der Waals surface area contributed by atoms with E-state index in [0.717, 1.165) is 0 Å². The largest absolute Gasteiger partial charge is 1.00 e. The molecule has 0 aliphatic heterocycles. The molecule has 1 rings (SSSR count). The first-order chi connectivity index (χ1) is 5.20. The van der Waals surface area contributed by atoms with Crippen molar-refractivity contribution in [3.8, 4) is 0 Å². The fourth-order valence-corrected chi connectivity index (χ4v) is 1.09. The van der Waals surface area contributed by atoms with Gasteiger partial charge in [-0.3, -0.25) is 4.98 Å². The molecule has 0 N–H and O–H groups in total. The fourth-order valence-electron chi connectivity index (χ4n) is 0.703. The van der Waals surface area contributed by atoms with Crippen molar-refractivity contribution >= 4 is 21.9 Å². The van der Waals surface area contributed by atoms with Gasteiger partial charge in [-0.25, -0.2) is 0 Å². The Hall–Kier alpha value is 0.100. The van der Waals surface area contributed by atoms with Crippen molar-refractivity contribution in [2.45, 2.75) is 6.42 Å². The predicted octanol–water partition coefficient (Wildman–Crippen LogP) is -2.86. The first-order valence-electron chi connectivity index (χ1n) is 2.98. The Morgan fingerprint density at radius 3 is 2.83 bits per heavy atom. The number of carbonyl (C=O) groups excluding carboxylic acids is 1. The predicted molar refractivity (Wildman–Crippen MR) is 40.6 cm³/mol. The second-order valence-electron chi connectivity index (χ2n) is 2.02. The Labute approximate surface area is 101 Å². The van der Waals surface area contributed by atoms with Gasteiger partial charge in [0, 0.05) is 29.3 Å². The minimum Gasteiger partial charge on any atom is -0.550 e. The van der Waals surface area contributed by atoms with E-state index in [-0.39, 0.29) is 36.0 Å². The van der Waals surface area contributed by atoms with Gasteiger partial charge < -0.3 is 9.90 Å². The molecule has 0 saturated heterocycles. The van der Waals surface area contributed by atoms with Crippen LogP contribution in [0.15, 0.2) is 22.9 Å². The van der Waals surface area contributed by atoms with Gasteiger partial charge in [-0.1, -0.05) is 0 Å². The van der Waals surface area contributed by atoms with Crippen LogP contribution in [0.3, 0.4) is 0 Å². The van der Waals surface area contributed by atoms with E-state index in [9.17, 15) is 9.90 Å². The van der Waals surface area contributed by atoms with Crippen molar-refractivity contribution in [3.63, 3.8) is 0 Å². The third kappa shape index (κ3) is 3.67. The number of hydrogen-bond donors (Lipinski definition) is 0. The maximum Gasteiger partial charge on any atom is 1.00 e. The number of pyridine rings is 1. The van der Waals surface area contributed by atoms with Crippen molar-refractivity contribution in [1.82, 2.24) is 4.98 Å². The first-order valence-corrected chi connectivity index (χ1v) is 3.77. The second kappa shape index (κ2) is 5.70. The van der Waals surface area contributed by atoms with Crippen molar-refractivity contribution in [1.29, 1.82) is 0 Å². The fraction of sp³-hybridized carbons (Fsp3) is 0.143. The van der Waals surface area contributed by atoms with E-state index < -0.39 is 5.97 Å². The number of halogens is 1. The summed E-state index contributed by atoms with van der Waals surface area (Å²) < 4.78 is 0.698. The molecule has 0 radical (unpaired) electrons. The summed E-state index contributed by atoms with van der Waals surface area (Å²) in [6, 6.07) is 1.64. The maximum atomic E-state index is 10.2. The van der Waals surface area contributed by atoms with Crippen LogP contribution in [-0.4, -0.2) is 11.0 Å². The van der Waals surface area contributed by atoms with Crippen LogP contribution in [-0.2, 0) is 11.2 Å². The molecule has 0 spiro atoms. The van der Waals surface area contributed by atoms with Crippen molar-refractivity contribution in [2.75, 3.05) is 0 Å². The molecule has 0 aliphatic rings. The van der Waals surface area contributed by atoms with Crippen molar-refractivity contribution < 1.29 is 39.5 Å². The van der Waals surface area contributed by atoms with Gasteiger partial charge in [-0.15, -0.1) is 0 Å². The number of aliphatic carboxylic acids is 1. The number of aromatic nitrogens is 1. The third-order valence-electron chi connectivity index (χ3n) is 1.19. The van der Waals surface area contributed by atoms with Gasteiger partial charge in [0.2, 0.25) is 0 Å². The summed E-state index contributed by atoms with van der Waals surface area (Å²) in [5.74, 6) is -1.09. The summed E-state index contributed by atoms with van der Waals surface area (Å²) in [6.45, 7) is 0. The Morgan fingerprint density at radius 2 is 2.33 bits per heavy atom. The average molecular weight is 238 g/mol. The molecule has 0 fully saturated rings. The van der Waals surface area contributed by atoms with Crippen LogP contribution >= 0.6 is 15.9 Å². The molecule has 0 aromatic carbocycles. The molecular weight excluding hydrogens is 233 g/mol. The molecule has 12 heavy (non-hydrogen) atoms. The number of rotatable bonds is 2. The quantitative estimate of drug-likeness (QED) is 0.521. The van der Waals surface area contributed by atoms with Crippen LogP contribution in [0.4, 0.5) is 0 Å². The molecule has 58 valence electrons. The summed E-state index contributed by atoms with van der Waals surface area (Å²) in [5, 5.41) is 10.2. The topological polar surface area (TPSA) is 53.0 Å². The molecule has 0 bridgehead atoms. The van der Waals surface area contributed by atoms with Gasteiger partial charge in [-0.05, 0) is 27.6 Å². The van der Waals surface area contributed by atoms with Gasteiger partial charge in [0.25, 0.3) is 0 Å². The van der Waals surface area contributed by atoms with Gasteiger partial charge in [0.15, 0.2) is 0 Å². The van der Waals surface area contributed by atoms with E-state index in [4.69, 9.17) is 0 Å². The molecule has 3 nitrogen and oxygen atoms in total. The first kappa shape index (κ1) is 12.1. The average Bonchev–Trinajstić information content (AvgIpc) is 1.93. The zero-order valence-electron chi connectivity index (χ0n) is 6.58. The minimum absolute atomic E-state index is 0. The van der Waals surface area contributed by atoms with E-state index >= 15 is 0 Å².